The summed E-state index contributed by atoms with van der Waals surface area (Å²) < 4.78 is 14.1. The molecule has 94 valence electrons. The smallest absolute Gasteiger partial charge is 0.231 e. The van der Waals surface area contributed by atoms with E-state index >= 15 is 0 Å². The Balaban J connectivity index is 2.10. The molecule has 1 aromatic carbocycles. The van der Waals surface area contributed by atoms with Gasteiger partial charge in [-0.3, -0.25) is 14.9 Å². The first-order chi connectivity index (χ1) is 8.50. The third-order valence-corrected chi connectivity index (χ3v) is 4.59. The number of carbonyl (C=O) groups is 2. The minimum absolute atomic E-state index is 0.229. The molecule has 2 fully saturated rings. The highest BCUT2D eigenvalue weighted by molar-refractivity contribution is 9.10. The van der Waals surface area contributed by atoms with Crippen LogP contribution in [0.2, 0.25) is 0 Å². The fourth-order valence-corrected chi connectivity index (χ4v) is 3.78. The van der Waals surface area contributed by atoms with Crippen molar-refractivity contribution in [2.24, 2.45) is 11.8 Å². The van der Waals surface area contributed by atoms with Gasteiger partial charge in [-0.15, -0.1) is 0 Å². The molecule has 1 N–H and O–H groups in total. The Labute approximate surface area is 112 Å². The van der Waals surface area contributed by atoms with E-state index in [1.165, 1.54) is 12.1 Å². The molecule has 1 saturated heterocycles. The van der Waals surface area contributed by atoms with Crippen molar-refractivity contribution in [3.05, 3.63) is 34.1 Å². The van der Waals surface area contributed by atoms with E-state index in [0.29, 0.717) is 10.9 Å². The van der Waals surface area contributed by atoms with Crippen LogP contribution in [0.4, 0.5) is 4.39 Å². The number of rotatable bonds is 2. The summed E-state index contributed by atoms with van der Waals surface area (Å²) in [5.41, 5.74) is 0.222. The normalized spacial score (nSPS) is 33.3. The maximum atomic E-state index is 13.5. The lowest BCUT2D eigenvalue weighted by atomic mass is 9.87. The van der Waals surface area contributed by atoms with Crippen molar-refractivity contribution in [2.75, 3.05) is 0 Å². The Kier molecular flexibility index (Phi) is 2.39. The second-order valence-corrected chi connectivity index (χ2v) is 5.78. The number of imide groups is 1. The van der Waals surface area contributed by atoms with Crippen LogP contribution < -0.4 is 5.32 Å². The molecular formula is C13H11BrFNO2. The van der Waals surface area contributed by atoms with Gasteiger partial charge in [0.05, 0.1) is 11.8 Å². The minimum Gasteiger partial charge on any atom is -0.296 e. The fraction of sp³-hybridized carbons (Fsp3) is 0.385. The minimum atomic E-state index is -0.510. The number of carbonyl (C=O) groups excluding carboxylic acids is 2. The molecule has 18 heavy (non-hydrogen) atoms. The summed E-state index contributed by atoms with van der Waals surface area (Å²) in [6.45, 7) is 1.93. The second kappa shape index (κ2) is 3.63. The first-order valence-corrected chi connectivity index (χ1v) is 6.61. The van der Waals surface area contributed by atoms with E-state index < -0.39 is 5.41 Å². The molecule has 3 rings (SSSR count). The van der Waals surface area contributed by atoms with Gasteiger partial charge in [-0.25, -0.2) is 4.39 Å². The van der Waals surface area contributed by atoms with Gasteiger partial charge in [-0.2, -0.15) is 0 Å². The van der Waals surface area contributed by atoms with Crippen LogP contribution in [0.3, 0.4) is 0 Å². The van der Waals surface area contributed by atoms with Crippen molar-refractivity contribution in [1.29, 1.82) is 0 Å². The van der Waals surface area contributed by atoms with Crippen molar-refractivity contribution in [1.82, 2.24) is 5.32 Å². The first kappa shape index (κ1) is 11.8. The predicted molar refractivity (Wildman–Crippen MR) is 66.2 cm³/mol. The highest BCUT2D eigenvalue weighted by Crippen LogP contribution is 2.64. The third kappa shape index (κ3) is 1.34. The molecule has 1 aliphatic heterocycles. The zero-order valence-electron chi connectivity index (χ0n) is 9.67. The van der Waals surface area contributed by atoms with Crippen LogP contribution in [0.1, 0.15) is 18.9 Å². The number of amides is 2. The molecule has 5 heteroatoms. The highest BCUT2D eigenvalue weighted by Gasteiger charge is 2.74. The van der Waals surface area contributed by atoms with Crippen LogP contribution in [0.25, 0.3) is 0 Å². The molecule has 0 spiro atoms. The van der Waals surface area contributed by atoms with Crippen molar-refractivity contribution in [3.63, 3.8) is 0 Å². The molecule has 0 aromatic heterocycles. The summed E-state index contributed by atoms with van der Waals surface area (Å²) in [6, 6.07) is 4.59. The van der Waals surface area contributed by atoms with Gasteiger partial charge in [0.1, 0.15) is 5.82 Å². The Morgan fingerprint density at radius 3 is 2.39 bits per heavy atom. The Morgan fingerprint density at radius 1 is 1.28 bits per heavy atom. The quantitative estimate of drug-likeness (QED) is 0.851. The monoisotopic (exact) mass is 311 g/mol. The van der Waals surface area contributed by atoms with Gasteiger partial charge in [-0.05, 0) is 30.2 Å². The zero-order valence-corrected chi connectivity index (χ0v) is 11.3. The van der Waals surface area contributed by atoms with Gasteiger partial charge in [-0.1, -0.05) is 22.9 Å². The van der Waals surface area contributed by atoms with E-state index in [0.717, 1.165) is 5.56 Å². The average Bonchev–Trinajstić information content (AvgIpc) is 2.88. The largest absolute Gasteiger partial charge is 0.296 e. The lowest BCUT2D eigenvalue weighted by Crippen LogP contribution is -2.33. The van der Waals surface area contributed by atoms with E-state index in [1.54, 1.807) is 6.07 Å². The van der Waals surface area contributed by atoms with Crippen molar-refractivity contribution in [2.45, 2.75) is 18.8 Å². The number of hydrogen-bond donors (Lipinski definition) is 1. The van der Waals surface area contributed by atoms with Gasteiger partial charge >= 0.3 is 0 Å². The molecule has 2 aliphatic rings. The maximum absolute atomic E-state index is 13.5. The lowest BCUT2D eigenvalue weighted by molar-refractivity contribution is -0.128. The summed E-state index contributed by atoms with van der Waals surface area (Å²) in [4.78, 5) is 23.4. The molecule has 3 atom stereocenters. The van der Waals surface area contributed by atoms with Gasteiger partial charge in [0, 0.05) is 9.89 Å². The van der Waals surface area contributed by atoms with Crippen LogP contribution in [0.5, 0.6) is 0 Å². The summed E-state index contributed by atoms with van der Waals surface area (Å²) >= 11 is 3.25. The first-order valence-electron chi connectivity index (χ1n) is 5.82. The van der Waals surface area contributed by atoms with Crippen LogP contribution in [0.15, 0.2) is 22.7 Å². The molecule has 1 heterocycles. The number of piperidine rings is 1. The standard InChI is InChI=1S/C13H11BrFNO2/c1-2-13(6-3-7(14)5-8(15)4-6)9-10(13)12(18)16-11(9)17/h3-5,9-10H,2H2,1H3,(H,16,17,18)/t9-,10+,13-. The summed E-state index contributed by atoms with van der Waals surface area (Å²) in [5.74, 6) is -1.48. The van der Waals surface area contributed by atoms with Gasteiger partial charge in [0.2, 0.25) is 11.8 Å². The van der Waals surface area contributed by atoms with E-state index in [9.17, 15) is 14.0 Å². The Morgan fingerprint density at radius 2 is 1.89 bits per heavy atom. The Hall–Kier alpha value is -1.23. The molecule has 0 bridgehead atoms. The maximum Gasteiger partial charge on any atom is 0.231 e. The molecule has 1 aliphatic carbocycles. The van der Waals surface area contributed by atoms with Crippen LogP contribution in [-0.2, 0) is 15.0 Å². The highest BCUT2D eigenvalue weighted by atomic mass is 79.9. The molecule has 3 nitrogen and oxygen atoms in total. The van der Waals surface area contributed by atoms with Gasteiger partial charge in [0.25, 0.3) is 0 Å². The molecular weight excluding hydrogens is 301 g/mol. The number of halogens is 2. The van der Waals surface area contributed by atoms with Gasteiger partial charge in [0.15, 0.2) is 0 Å². The van der Waals surface area contributed by atoms with Crippen molar-refractivity contribution in [3.8, 4) is 0 Å². The van der Waals surface area contributed by atoms with E-state index in [4.69, 9.17) is 0 Å². The van der Waals surface area contributed by atoms with E-state index in [-0.39, 0.29) is 29.5 Å². The molecule has 0 unspecified atom stereocenters. The predicted octanol–water partition coefficient (Wildman–Crippen LogP) is 2.14. The number of fused-ring (bicyclic) bond motifs is 1. The van der Waals surface area contributed by atoms with Crippen molar-refractivity contribution < 1.29 is 14.0 Å². The van der Waals surface area contributed by atoms with E-state index in [1.807, 2.05) is 6.92 Å². The molecule has 1 aromatic rings. The Bertz CT molecular complexity index is 532. The summed E-state index contributed by atoms with van der Waals surface area (Å²) in [7, 11) is 0. The van der Waals surface area contributed by atoms with Gasteiger partial charge < -0.3 is 0 Å². The third-order valence-electron chi connectivity index (χ3n) is 4.13. The number of hydrogen-bond acceptors (Lipinski definition) is 2. The van der Waals surface area contributed by atoms with Crippen LogP contribution in [0, 0.1) is 17.7 Å². The second-order valence-electron chi connectivity index (χ2n) is 4.86. The number of nitrogens with one attached hydrogen (secondary N) is 1. The molecule has 0 radical (unpaired) electrons. The zero-order chi connectivity index (χ0) is 13.1. The van der Waals surface area contributed by atoms with Crippen LogP contribution in [-0.4, -0.2) is 11.8 Å². The molecule has 1 saturated carbocycles. The SMILES string of the molecule is CC[C@]1(c2cc(F)cc(Br)c2)[C@@H]2C(=O)NC(=O)[C@@H]21. The lowest BCUT2D eigenvalue weighted by Gasteiger charge is -2.19. The topological polar surface area (TPSA) is 46.2 Å². The van der Waals surface area contributed by atoms with Crippen molar-refractivity contribution >= 4 is 27.7 Å². The molecule has 2 amide bonds. The number of benzene rings is 1. The fourth-order valence-electron chi connectivity index (χ4n) is 3.31. The van der Waals surface area contributed by atoms with E-state index in [2.05, 4.69) is 21.2 Å². The summed E-state index contributed by atoms with van der Waals surface area (Å²) in [6.07, 6.45) is 0.650. The summed E-state index contributed by atoms with van der Waals surface area (Å²) in [5, 5.41) is 2.32. The van der Waals surface area contributed by atoms with Crippen LogP contribution >= 0.6 is 15.9 Å². The average molecular weight is 312 g/mol.